The first-order chi connectivity index (χ1) is 11.8. The highest BCUT2D eigenvalue weighted by atomic mass is 35.5. The molecule has 1 amide bonds. The molecule has 1 aromatic carbocycles. The van der Waals surface area contributed by atoms with E-state index in [9.17, 15) is 4.79 Å². The third-order valence-corrected chi connectivity index (χ3v) is 5.44. The van der Waals surface area contributed by atoms with Crippen molar-refractivity contribution in [2.45, 2.75) is 13.8 Å². The van der Waals surface area contributed by atoms with Crippen molar-refractivity contribution >= 4 is 63.5 Å². The molecule has 7 heteroatoms. The van der Waals surface area contributed by atoms with Gasteiger partial charge < -0.3 is 4.42 Å². The van der Waals surface area contributed by atoms with Crippen molar-refractivity contribution < 1.29 is 9.21 Å². The number of carbonyl (C=O) groups excluding carboxylic acids is 1. The summed E-state index contributed by atoms with van der Waals surface area (Å²) < 4.78 is 6.40. The Hall–Kier alpha value is -1.27. The number of furan rings is 1. The summed E-state index contributed by atoms with van der Waals surface area (Å²) in [7, 11) is 0. The highest BCUT2D eigenvalue weighted by molar-refractivity contribution is 8.26. The van der Waals surface area contributed by atoms with Gasteiger partial charge in [-0.2, -0.15) is 0 Å². The Labute approximate surface area is 166 Å². The monoisotopic (exact) mass is 411 g/mol. The van der Waals surface area contributed by atoms with E-state index in [1.807, 2.05) is 6.07 Å². The molecule has 3 nitrogen and oxygen atoms in total. The van der Waals surface area contributed by atoms with Crippen molar-refractivity contribution in [3.05, 3.63) is 51.0 Å². The predicted octanol–water partition coefficient (Wildman–Crippen LogP) is 6.11. The maximum Gasteiger partial charge on any atom is 0.266 e. The zero-order valence-corrected chi connectivity index (χ0v) is 16.7. The summed E-state index contributed by atoms with van der Waals surface area (Å²) in [5.74, 6) is 1.46. The fourth-order valence-electron chi connectivity index (χ4n) is 2.42. The Morgan fingerprint density at radius 3 is 2.72 bits per heavy atom. The Balaban J connectivity index is 1.85. The van der Waals surface area contributed by atoms with Gasteiger partial charge in [0.15, 0.2) is 0 Å². The topological polar surface area (TPSA) is 33.5 Å². The third-order valence-electron chi connectivity index (χ3n) is 3.52. The normalized spacial score (nSPS) is 16.5. The third kappa shape index (κ3) is 4.11. The molecule has 2 aromatic rings. The number of hydrogen-bond acceptors (Lipinski definition) is 4. The maximum absolute atomic E-state index is 12.5. The van der Waals surface area contributed by atoms with Crippen molar-refractivity contribution in [1.82, 2.24) is 4.90 Å². The van der Waals surface area contributed by atoms with E-state index in [1.54, 1.807) is 35.2 Å². The van der Waals surface area contributed by atoms with Gasteiger partial charge in [-0.15, -0.1) is 0 Å². The van der Waals surface area contributed by atoms with E-state index in [2.05, 4.69) is 13.8 Å². The average Bonchev–Trinajstić information content (AvgIpc) is 3.08. The van der Waals surface area contributed by atoms with E-state index in [-0.39, 0.29) is 5.91 Å². The molecular weight excluding hydrogens is 397 g/mol. The van der Waals surface area contributed by atoms with Crippen LogP contribution >= 0.6 is 47.2 Å². The fraction of sp³-hybridized carbons (Fsp3) is 0.222. The van der Waals surface area contributed by atoms with E-state index < -0.39 is 0 Å². The molecule has 1 fully saturated rings. The smallest absolute Gasteiger partial charge is 0.266 e. The summed E-state index contributed by atoms with van der Waals surface area (Å²) in [5.41, 5.74) is 0.748. The van der Waals surface area contributed by atoms with Gasteiger partial charge in [0.05, 0.1) is 9.93 Å². The minimum absolute atomic E-state index is 0.0776. The van der Waals surface area contributed by atoms with Crippen molar-refractivity contribution in [3.63, 3.8) is 0 Å². The molecule has 1 aliphatic heterocycles. The van der Waals surface area contributed by atoms with E-state index in [0.29, 0.717) is 43.3 Å². The molecule has 0 aliphatic carbocycles. The number of carbonyl (C=O) groups is 1. The molecule has 1 aromatic heterocycles. The Kier molecular flexibility index (Phi) is 5.58. The maximum atomic E-state index is 12.5. The molecule has 0 saturated carbocycles. The molecular formula is C18H15Cl2NO2S2. The summed E-state index contributed by atoms with van der Waals surface area (Å²) in [6.07, 6.45) is 1.72. The lowest BCUT2D eigenvalue weighted by Gasteiger charge is -2.16. The van der Waals surface area contributed by atoms with E-state index in [0.717, 1.165) is 5.56 Å². The second kappa shape index (κ2) is 7.54. The van der Waals surface area contributed by atoms with Crippen LogP contribution in [0.1, 0.15) is 19.6 Å². The van der Waals surface area contributed by atoms with Crippen LogP contribution in [0.25, 0.3) is 17.4 Å². The van der Waals surface area contributed by atoms with Gasteiger partial charge in [-0.1, -0.05) is 61.0 Å². The fourth-order valence-corrected chi connectivity index (χ4v) is 4.17. The lowest BCUT2D eigenvalue weighted by Crippen LogP contribution is -2.31. The van der Waals surface area contributed by atoms with Crippen LogP contribution < -0.4 is 0 Å². The Bertz CT molecular complexity index is 874. The highest BCUT2D eigenvalue weighted by Crippen LogP contribution is 2.35. The van der Waals surface area contributed by atoms with E-state index in [4.69, 9.17) is 39.8 Å². The minimum Gasteiger partial charge on any atom is -0.457 e. The molecule has 25 heavy (non-hydrogen) atoms. The summed E-state index contributed by atoms with van der Waals surface area (Å²) in [6.45, 7) is 4.72. The number of nitrogens with zero attached hydrogens (tertiary/aromatic N) is 1. The van der Waals surface area contributed by atoms with Crippen LogP contribution in [0.15, 0.2) is 39.7 Å². The van der Waals surface area contributed by atoms with Crippen LogP contribution in [0, 0.1) is 5.92 Å². The molecule has 0 atom stereocenters. The Morgan fingerprint density at radius 1 is 1.28 bits per heavy atom. The molecule has 0 spiro atoms. The zero-order chi connectivity index (χ0) is 18.1. The Morgan fingerprint density at radius 2 is 2.04 bits per heavy atom. The molecule has 0 N–H and O–H groups in total. The largest absolute Gasteiger partial charge is 0.457 e. The van der Waals surface area contributed by atoms with Gasteiger partial charge in [0.25, 0.3) is 5.91 Å². The molecule has 2 heterocycles. The average molecular weight is 412 g/mol. The summed E-state index contributed by atoms with van der Waals surface area (Å²) in [4.78, 5) is 14.7. The summed E-state index contributed by atoms with van der Waals surface area (Å²) in [6, 6.07) is 8.83. The molecule has 1 aliphatic rings. The molecule has 0 radical (unpaired) electrons. The van der Waals surface area contributed by atoms with Crippen LogP contribution in [-0.4, -0.2) is 21.7 Å². The minimum atomic E-state index is -0.0776. The second-order valence-electron chi connectivity index (χ2n) is 6.01. The van der Waals surface area contributed by atoms with Crippen molar-refractivity contribution in [1.29, 1.82) is 0 Å². The van der Waals surface area contributed by atoms with Gasteiger partial charge in [-0.05, 0) is 36.2 Å². The zero-order valence-electron chi connectivity index (χ0n) is 13.6. The number of rotatable bonds is 4. The molecule has 0 bridgehead atoms. The number of benzene rings is 1. The first kappa shape index (κ1) is 18.5. The van der Waals surface area contributed by atoms with Crippen LogP contribution in [0.3, 0.4) is 0 Å². The first-order valence-electron chi connectivity index (χ1n) is 7.66. The molecule has 1 saturated heterocycles. The van der Waals surface area contributed by atoms with Gasteiger partial charge in [-0.25, -0.2) is 0 Å². The van der Waals surface area contributed by atoms with Gasteiger partial charge >= 0.3 is 0 Å². The van der Waals surface area contributed by atoms with Gasteiger partial charge in [-0.3, -0.25) is 9.69 Å². The highest BCUT2D eigenvalue weighted by Gasteiger charge is 2.32. The van der Waals surface area contributed by atoms with E-state index in [1.165, 1.54) is 11.8 Å². The predicted molar refractivity (Wildman–Crippen MR) is 109 cm³/mol. The number of amides is 1. The first-order valence-corrected chi connectivity index (χ1v) is 9.64. The SMILES string of the molecule is CC(C)CN1C(=O)/C(=C/c2ccc(-c3ccc(Cl)cc3Cl)o2)SC1=S. The van der Waals surface area contributed by atoms with Crippen LogP contribution in [0.2, 0.25) is 10.0 Å². The molecule has 130 valence electrons. The van der Waals surface area contributed by atoms with Crippen molar-refractivity contribution in [2.75, 3.05) is 6.54 Å². The standard InChI is InChI=1S/C18H15Cl2NO2S2/c1-10(2)9-21-17(22)16(25-18(21)24)8-12-4-6-15(23-12)13-5-3-11(19)7-14(13)20/h3-8,10H,9H2,1-2H3/b16-8-. The molecule has 3 rings (SSSR count). The number of thiocarbonyl (C=S) groups is 1. The van der Waals surface area contributed by atoms with Crippen molar-refractivity contribution in [3.8, 4) is 11.3 Å². The summed E-state index contributed by atoms with van der Waals surface area (Å²) in [5, 5.41) is 1.08. The van der Waals surface area contributed by atoms with Crippen LogP contribution in [0.5, 0.6) is 0 Å². The van der Waals surface area contributed by atoms with E-state index >= 15 is 0 Å². The van der Waals surface area contributed by atoms with Gasteiger partial charge in [0.1, 0.15) is 15.8 Å². The van der Waals surface area contributed by atoms with Crippen LogP contribution in [0.4, 0.5) is 0 Å². The quantitative estimate of drug-likeness (QED) is 0.448. The number of thioether (sulfide) groups is 1. The lowest BCUT2D eigenvalue weighted by atomic mass is 10.2. The summed E-state index contributed by atoms with van der Waals surface area (Å²) >= 11 is 18.7. The van der Waals surface area contributed by atoms with Crippen molar-refractivity contribution in [2.24, 2.45) is 5.92 Å². The van der Waals surface area contributed by atoms with Gasteiger partial charge in [0, 0.05) is 23.2 Å². The number of hydrogen-bond donors (Lipinski definition) is 0. The second-order valence-corrected chi connectivity index (χ2v) is 8.53. The molecule has 0 unspecified atom stereocenters. The van der Waals surface area contributed by atoms with Crippen LogP contribution in [-0.2, 0) is 4.79 Å². The van der Waals surface area contributed by atoms with Gasteiger partial charge in [0.2, 0.25) is 0 Å². The number of halogens is 2. The lowest BCUT2D eigenvalue weighted by molar-refractivity contribution is -0.122.